The number of anilines is 1. The van der Waals surface area contributed by atoms with Crippen LogP contribution in [0.1, 0.15) is 23.2 Å². The van der Waals surface area contributed by atoms with E-state index in [2.05, 4.69) is 5.32 Å². The van der Waals surface area contributed by atoms with Crippen LogP contribution in [0.4, 0.5) is 5.69 Å². The summed E-state index contributed by atoms with van der Waals surface area (Å²) in [5, 5.41) is 2.85. The maximum absolute atomic E-state index is 12.6. The zero-order valence-electron chi connectivity index (χ0n) is 15.9. The minimum absolute atomic E-state index is 0.225. The van der Waals surface area contributed by atoms with Crippen LogP contribution in [0.2, 0.25) is 0 Å². The van der Waals surface area contributed by atoms with Crippen molar-refractivity contribution in [2.24, 2.45) is 0 Å². The van der Waals surface area contributed by atoms with Gasteiger partial charge in [0.1, 0.15) is 0 Å². The highest BCUT2D eigenvalue weighted by Crippen LogP contribution is 2.23. The summed E-state index contributed by atoms with van der Waals surface area (Å²) >= 11 is 0. The maximum atomic E-state index is 12.6. The highest BCUT2D eigenvalue weighted by atomic mass is 32.2. The summed E-state index contributed by atoms with van der Waals surface area (Å²) in [5.41, 5.74) is 3.28. The van der Waals surface area contributed by atoms with Crippen molar-refractivity contribution < 1.29 is 13.2 Å². The summed E-state index contributed by atoms with van der Waals surface area (Å²) in [6.45, 7) is 1.12. The number of carbonyl (C=O) groups is 1. The lowest BCUT2D eigenvalue weighted by molar-refractivity contribution is 0.102. The molecule has 5 nitrogen and oxygen atoms in total. The van der Waals surface area contributed by atoms with Crippen molar-refractivity contribution in [1.29, 1.82) is 0 Å². The van der Waals surface area contributed by atoms with E-state index >= 15 is 0 Å². The minimum atomic E-state index is -3.47. The first-order chi connectivity index (χ1) is 14.0. The van der Waals surface area contributed by atoms with Gasteiger partial charge in [-0.2, -0.15) is 4.31 Å². The molecule has 1 aliphatic heterocycles. The van der Waals surface area contributed by atoms with Gasteiger partial charge < -0.3 is 5.32 Å². The second-order valence-electron chi connectivity index (χ2n) is 7.03. The van der Waals surface area contributed by atoms with Gasteiger partial charge in [0, 0.05) is 24.3 Å². The van der Waals surface area contributed by atoms with Gasteiger partial charge in [-0.05, 0) is 60.4 Å². The first-order valence-electron chi connectivity index (χ1n) is 9.61. The molecule has 1 aliphatic rings. The third-order valence-corrected chi connectivity index (χ3v) is 6.98. The molecule has 0 unspecified atom stereocenters. The fourth-order valence-corrected chi connectivity index (χ4v) is 4.95. The third kappa shape index (κ3) is 4.23. The van der Waals surface area contributed by atoms with E-state index in [4.69, 9.17) is 0 Å². The highest BCUT2D eigenvalue weighted by Gasteiger charge is 2.27. The number of hydrogen-bond donors (Lipinski definition) is 1. The molecule has 1 heterocycles. The quantitative estimate of drug-likeness (QED) is 0.683. The van der Waals surface area contributed by atoms with Crippen LogP contribution in [0, 0.1) is 0 Å². The molecule has 3 aromatic rings. The molecule has 3 aromatic carbocycles. The number of nitrogens with one attached hydrogen (secondary N) is 1. The van der Waals surface area contributed by atoms with Crippen molar-refractivity contribution in [1.82, 2.24) is 4.31 Å². The van der Waals surface area contributed by atoms with Gasteiger partial charge in [0.05, 0.1) is 4.90 Å². The summed E-state index contributed by atoms with van der Waals surface area (Å²) in [7, 11) is -3.47. The van der Waals surface area contributed by atoms with Crippen molar-refractivity contribution >= 4 is 21.6 Å². The van der Waals surface area contributed by atoms with E-state index in [1.54, 1.807) is 12.1 Å². The van der Waals surface area contributed by atoms with Gasteiger partial charge in [-0.15, -0.1) is 0 Å². The standard InChI is InChI=1S/C23H22N2O3S/c26-23(24-21-12-8-19(9-13-21)18-6-2-1-3-7-18)20-10-14-22(15-11-20)29(27,28)25-16-4-5-17-25/h1-3,6-15H,4-5,16-17H2,(H,24,26). The molecule has 0 aromatic heterocycles. The lowest BCUT2D eigenvalue weighted by Crippen LogP contribution is -2.27. The third-order valence-electron chi connectivity index (χ3n) is 5.07. The van der Waals surface area contributed by atoms with E-state index in [0.29, 0.717) is 24.3 Å². The molecule has 0 radical (unpaired) electrons. The normalized spacial score (nSPS) is 14.6. The Labute approximate surface area is 171 Å². The van der Waals surface area contributed by atoms with E-state index in [9.17, 15) is 13.2 Å². The predicted octanol–water partition coefficient (Wildman–Crippen LogP) is 4.39. The number of hydrogen-bond acceptors (Lipinski definition) is 3. The zero-order valence-corrected chi connectivity index (χ0v) is 16.7. The lowest BCUT2D eigenvalue weighted by Gasteiger charge is -2.15. The molecule has 6 heteroatoms. The smallest absolute Gasteiger partial charge is 0.255 e. The van der Waals surface area contributed by atoms with E-state index in [1.807, 2.05) is 54.6 Å². The Hall–Kier alpha value is -2.96. The largest absolute Gasteiger partial charge is 0.322 e. The summed E-state index contributed by atoms with van der Waals surface area (Å²) < 4.78 is 26.7. The molecule has 1 saturated heterocycles. The molecule has 1 fully saturated rings. The van der Waals surface area contributed by atoms with Crippen LogP contribution in [0.3, 0.4) is 0 Å². The van der Waals surface area contributed by atoms with E-state index in [0.717, 1.165) is 24.0 Å². The zero-order chi connectivity index (χ0) is 20.3. The second kappa shape index (κ2) is 8.19. The van der Waals surface area contributed by atoms with E-state index in [1.165, 1.54) is 16.4 Å². The molecular formula is C23H22N2O3S. The lowest BCUT2D eigenvalue weighted by atomic mass is 10.1. The Balaban J connectivity index is 1.45. The van der Waals surface area contributed by atoms with Crippen molar-refractivity contribution in [3.8, 4) is 11.1 Å². The Morgan fingerprint density at radius 3 is 1.97 bits per heavy atom. The Morgan fingerprint density at radius 1 is 0.759 bits per heavy atom. The molecule has 29 heavy (non-hydrogen) atoms. The fourth-order valence-electron chi connectivity index (χ4n) is 3.44. The van der Waals surface area contributed by atoms with Crippen LogP contribution in [-0.4, -0.2) is 31.7 Å². The highest BCUT2D eigenvalue weighted by molar-refractivity contribution is 7.89. The molecule has 0 bridgehead atoms. The molecular weight excluding hydrogens is 384 g/mol. The number of benzene rings is 3. The summed E-state index contributed by atoms with van der Waals surface area (Å²) in [6, 6.07) is 23.7. The van der Waals surface area contributed by atoms with Crippen molar-refractivity contribution in [2.75, 3.05) is 18.4 Å². The molecule has 0 spiro atoms. The number of nitrogens with zero attached hydrogens (tertiary/aromatic N) is 1. The number of carbonyl (C=O) groups excluding carboxylic acids is 1. The molecule has 1 N–H and O–H groups in total. The van der Waals surface area contributed by atoms with Crippen molar-refractivity contribution in [2.45, 2.75) is 17.7 Å². The van der Waals surface area contributed by atoms with Crippen LogP contribution in [-0.2, 0) is 10.0 Å². The number of amides is 1. The second-order valence-corrected chi connectivity index (χ2v) is 8.97. The fraction of sp³-hybridized carbons (Fsp3) is 0.174. The Kier molecular flexibility index (Phi) is 5.47. The molecule has 0 saturated carbocycles. The molecule has 0 aliphatic carbocycles. The summed E-state index contributed by atoms with van der Waals surface area (Å²) in [6.07, 6.45) is 1.78. The average Bonchev–Trinajstić information content (AvgIpc) is 3.31. The van der Waals surface area contributed by atoms with Crippen molar-refractivity contribution in [3.05, 3.63) is 84.4 Å². The van der Waals surface area contributed by atoms with Crippen LogP contribution in [0.25, 0.3) is 11.1 Å². The topological polar surface area (TPSA) is 66.5 Å². The molecule has 1 amide bonds. The van der Waals surface area contributed by atoms with Gasteiger partial charge in [0.2, 0.25) is 10.0 Å². The van der Waals surface area contributed by atoms with Gasteiger partial charge >= 0.3 is 0 Å². The van der Waals surface area contributed by atoms with E-state index in [-0.39, 0.29) is 10.8 Å². The van der Waals surface area contributed by atoms with Crippen LogP contribution in [0.15, 0.2) is 83.8 Å². The summed E-state index contributed by atoms with van der Waals surface area (Å²) in [4.78, 5) is 12.7. The van der Waals surface area contributed by atoms with Crippen LogP contribution < -0.4 is 5.32 Å². The van der Waals surface area contributed by atoms with Gasteiger partial charge in [-0.3, -0.25) is 4.79 Å². The molecule has 148 valence electrons. The Morgan fingerprint density at radius 2 is 1.34 bits per heavy atom. The first kappa shape index (κ1) is 19.4. The SMILES string of the molecule is O=C(Nc1ccc(-c2ccccc2)cc1)c1ccc(S(=O)(=O)N2CCCC2)cc1. The molecule has 0 atom stereocenters. The maximum Gasteiger partial charge on any atom is 0.255 e. The van der Waals surface area contributed by atoms with Gasteiger partial charge in [-0.25, -0.2) is 8.42 Å². The van der Waals surface area contributed by atoms with Crippen LogP contribution >= 0.6 is 0 Å². The first-order valence-corrected chi connectivity index (χ1v) is 11.1. The van der Waals surface area contributed by atoms with E-state index < -0.39 is 10.0 Å². The van der Waals surface area contributed by atoms with Gasteiger partial charge in [-0.1, -0.05) is 42.5 Å². The van der Waals surface area contributed by atoms with Crippen LogP contribution in [0.5, 0.6) is 0 Å². The van der Waals surface area contributed by atoms with Gasteiger partial charge in [0.25, 0.3) is 5.91 Å². The molecule has 4 rings (SSSR count). The Bertz CT molecular complexity index is 1090. The average molecular weight is 407 g/mol. The van der Waals surface area contributed by atoms with Crippen molar-refractivity contribution in [3.63, 3.8) is 0 Å². The number of sulfonamides is 1. The minimum Gasteiger partial charge on any atom is -0.322 e. The summed E-state index contributed by atoms with van der Waals surface area (Å²) in [5.74, 6) is -0.275. The number of rotatable bonds is 5. The van der Waals surface area contributed by atoms with Gasteiger partial charge in [0.15, 0.2) is 0 Å². The predicted molar refractivity (Wildman–Crippen MR) is 114 cm³/mol. The monoisotopic (exact) mass is 406 g/mol.